The monoisotopic (exact) mass is 250 g/mol. The third kappa shape index (κ3) is 4.62. The van der Waals surface area contributed by atoms with Gasteiger partial charge in [-0.2, -0.15) is 0 Å². The number of ether oxygens (including phenoxy) is 1. The molecule has 1 N–H and O–H groups in total. The first-order valence-electron chi connectivity index (χ1n) is 6.20. The van der Waals surface area contributed by atoms with E-state index >= 15 is 0 Å². The topological polar surface area (TPSA) is 46.5 Å². The standard InChI is InChI=1S/C13H16O3.C2H6/c1-4-16-12(14)8-7-11-6-5-9(2)13(15)10(11)3;1-2/h5-8,15H,4H2,1-3H3;1-2H3/b8-7+;. The number of aryl methyl sites for hydroxylation is 1. The molecular weight excluding hydrogens is 228 g/mol. The van der Waals surface area contributed by atoms with Crippen LogP contribution in [0.2, 0.25) is 0 Å². The molecule has 1 aromatic carbocycles. The molecule has 1 rings (SSSR count). The Morgan fingerprint density at radius 2 is 1.94 bits per heavy atom. The lowest BCUT2D eigenvalue weighted by Crippen LogP contribution is -1.98. The van der Waals surface area contributed by atoms with Crippen LogP contribution in [0.5, 0.6) is 5.75 Å². The van der Waals surface area contributed by atoms with E-state index in [1.165, 1.54) is 6.08 Å². The molecule has 18 heavy (non-hydrogen) atoms. The van der Waals surface area contributed by atoms with Crippen molar-refractivity contribution >= 4 is 12.0 Å². The molecule has 3 heteroatoms. The quantitative estimate of drug-likeness (QED) is 0.658. The normalized spacial score (nSPS) is 9.83. The van der Waals surface area contributed by atoms with Gasteiger partial charge in [-0.15, -0.1) is 0 Å². The fourth-order valence-corrected chi connectivity index (χ4v) is 1.38. The Hall–Kier alpha value is -1.77. The second-order valence-electron chi connectivity index (χ2n) is 3.53. The van der Waals surface area contributed by atoms with Crippen LogP contribution in [0.15, 0.2) is 18.2 Å². The maximum atomic E-state index is 11.1. The highest BCUT2D eigenvalue weighted by atomic mass is 16.5. The Labute approximate surface area is 109 Å². The Morgan fingerprint density at radius 1 is 1.33 bits per heavy atom. The molecule has 0 saturated carbocycles. The van der Waals surface area contributed by atoms with Crippen LogP contribution < -0.4 is 0 Å². The molecule has 0 aliphatic heterocycles. The van der Waals surface area contributed by atoms with Gasteiger partial charge >= 0.3 is 5.97 Å². The van der Waals surface area contributed by atoms with Gasteiger partial charge in [-0.05, 0) is 43.5 Å². The van der Waals surface area contributed by atoms with E-state index < -0.39 is 0 Å². The predicted octanol–water partition coefficient (Wildman–Crippen LogP) is 3.61. The van der Waals surface area contributed by atoms with Crippen molar-refractivity contribution < 1.29 is 14.6 Å². The Bertz CT molecular complexity index is 420. The maximum absolute atomic E-state index is 11.1. The van der Waals surface area contributed by atoms with Crippen molar-refractivity contribution in [2.75, 3.05) is 6.61 Å². The first-order valence-corrected chi connectivity index (χ1v) is 6.20. The van der Waals surface area contributed by atoms with Gasteiger partial charge in [0.2, 0.25) is 0 Å². The Kier molecular flexibility index (Phi) is 7.52. The predicted molar refractivity (Wildman–Crippen MR) is 74.6 cm³/mol. The van der Waals surface area contributed by atoms with Crippen molar-refractivity contribution in [2.45, 2.75) is 34.6 Å². The minimum atomic E-state index is -0.373. The lowest BCUT2D eigenvalue weighted by molar-refractivity contribution is -0.137. The summed E-state index contributed by atoms with van der Waals surface area (Å²) in [5, 5.41) is 9.71. The molecule has 0 spiro atoms. The van der Waals surface area contributed by atoms with Gasteiger partial charge in [0, 0.05) is 6.08 Å². The van der Waals surface area contributed by atoms with Crippen molar-refractivity contribution in [3.8, 4) is 5.75 Å². The molecule has 0 radical (unpaired) electrons. The van der Waals surface area contributed by atoms with Crippen LogP contribution in [-0.4, -0.2) is 17.7 Å². The van der Waals surface area contributed by atoms with E-state index in [4.69, 9.17) is 4.74 Å². The number of benzene rings is 1. The molecule has 0 aromatic heterocycles. The summed E-state index contributed by atoms with van der Waals surface area (Å²) >= 11 is 0. The highest BCUT2D eigenvalue weighted by Crippen LogP contribution is 2.25. The number of esters is 1. The summed E-state index contributed by atoms with van der Waals surface area (Å²) in [7, 11) is 0. The van der Waals surface area contributed by atoms with Crippen LogP contribution >= 0.6 is 0 Å². The molecule has 100 valence electrons. The molecule has 1 aromatic rings. The van der Waals surface area contributed by atoms with Crippen LogP contribution in [-0.2, 0) is 9.53 Å². The second-order valence-corrected chi connectivity index (χ2v) is 3.53. The third-order valence-electron chi connectivity index (χ3n) is 2.36. The SMILES string of the molecule is CC.CCOC(=O)/C=C/c1ccc(C)c(O)c1C. The summed E-state index contributed by atoms with van der Waals surface area (Å²) in [6.45, 7) is 9.77. The van der Waals surface area contributed by atoms with Gasteiger partial charge in [-0.1, -0.05) is 26.0 Å². The molecule has 3 nitrogen and oxygen atoms in total. The van der Waals surface area contributed by atoms with Gasteiger partial charge in [-0.3, -0.25) is 0 Å². The highest BCUT2D eigenvalue weighted by Gasteiger charge is 2.04. The number of carbonyl (C=O) groups excluding carboxylic acids is 1. The summed E-state index contributed by atoms with van der Waals surface area (Å²) in [4.78, 5) is 11.1. The van der Waals surface area contributed by atoms with E-state index in [1.54, 1.807) is 13.0 Å². The summed E-state index contributed by atoms with van der Waals surface area (Å²) < 4.78 is 4.77. The molecule has 0 heterocycles. The van der Waals surface area contributed by atoms with Crippen LogP contribution in [0.25, 0.3) is 6.08 Å². The van der Waals surface area contributed by atoms with E-state index in [9.17, 15) is 9.90 Å². The minimum Gasteiger partial charge on any atom is -0.507 e. The molecule has 0 bridgehead atoms. The van der Waals surface area contributed by atoms with E-state index in [2.05, 4.69) is 0 Å². The molecule has 0 amide bonds. The first-order chi connectivity index (χ1) is 8.56. The molecule has 0 aliphatic carbocycles. The van der Waals surface area contributed by atoms with Gasteiger partial charge in [0.25, 0.3) is 0 Å². The van der Waals surface area contributed by atoms with Crippen molar-refractivity contribution in [1.82, 2.24) is 0 Å². The number of hydrogen-bond donors (Lipinski definition) is 1. The zero-order valence-corrected chi connectivity index (χ0v) is 11.8. The summed E-state index contributed by atoms with van der Waals surface area (Å²) in [5.74, 6) is -0.104. The summed E-state index contributed by atoms with van der Waals surface area (Å²) in [6, 6.07) is 3.67. The molecule has 0 fully saturated rings. The average Bonchev–Trinajstić information content (AvgIpc) is 2.38. The zero-order valence-electron chi connectivity index (χ0n) is 11.8. The summed E-state index contributed by atoms with van der Waals surface area (Å²) in [6.07, 6.45) is 3.01. The second kappa shape index (κ2) is 8.34. The zero-order chi connectivity index (χ0) is 14.1. The minimum absolute atomic E-state index is 0.269. The van der Waals surface area contributed by atoms with Crippen molar-refractivity contribution in [2.24, 2.45) is 0 Å². The van der Waals surface area contributed by atoms with Crippen LogP contribution in [0.1, 0.15) is 37.5 Å². The number of carbonyl (C=O) groups is 1. The van der Waals surface area contributed by atoms with Gasteiger partial charge in [0.1, 0.15) is 5.75 Å². The molecule has 0 atom stereocenters. The molecule has 0 aliphatic rings. The van der Waals surface area contributed by atoms with E-state index in [1.807, 2.05) is 39.8 Å². The smallest absolute Gasteiger partial charge is 0.330 e. The van der Waals surface area contributed by atoms with Gasteiger partial charge in [0.05, 0.1) is 6.61 Å². The average molecular weight is 250 g/mol. The van der Waals surface area contributed by atoms with Gasteiger partial charge < -0.3 is 9.84 Å². The fraction of sp³-hybridized carbons (Fsp3) is 0.400. The maximum Gasteiger partial charge on any atom is 0.330 e. The largest absolute Gasteiger partial charge is 0.507 e. The highest BCUT2D eigenvalue weighted by molar-refractivity contribution is 5.87. The van der Waals surface area contributed by atoms with E-state index in [-0.39, 0.29) is 11.7 Å². The lowest BCUT2D eigenvalue weighted by Gasteiger charge is -2.06. The number of phenols is 1. The Balaban J connectivity index is 0.00000137. The molecule has 0 unspecified atom stereocenters. The summed E-state index contributed by atoms with van der Waals surface area (Å²) in [5.41, 5.74) is 2.41. The van der Waals surface area contributed by atoms with Crippen LogP contribution in [0, 0.1) is 13.8 Å². The van der Waals surface area contributed by atoms with E-state index in [0.717, 1.165) is 16.7 Å². The van der Waals surface area contributed by atoms with Crippen LogP contribution in [0.4, 0.5) is 0 Å². The lowest BCUT2D eigenvalue weighted by atomic mass is 10.0. The molecular formula is C15H22O3. The van der Waals surface area contributed by atoms with Crippen molar-refractivity contribution in [3.63, 3.8) is 0 Å². The molecule has 0 saturated heterocycles. The van der Waals surface area contributed by atoms with Gasteiger partial charge in [-0.25, -0.2) is 4.79 Å². The van der Waals surface area contributed by atoms with Crippen LogP contribution in [0.3, 0.4) is 0 Å². The number of aromatic hydroxyl groups is 1. The van der Waals surface area contributed by atoms with Gasteiger partial charge in [0.15, 0.2) is 0 Å². The number of hydrogen-bond acceptors (Lipinski definition) is 3. The fourth-order valence-electron chi connectivity index (χ4n) is 1.38. The number of phenolic OH excluding ortho intramolecular Hbond substituents is 1. The third-order valence-corrected chi connectivity index (χ3v) is 2.36. The van der Waals surface area contributed by atoms with E-state index in [0.29, 0.717) is 6.61 Å². The van der Waals surface area contributed by atoms with Crippen molar-refractivity contribution in [1.29, 1.82) is 0 Å². The first kappa shape index (κ1) is 16.2. The number of rotatable bonds is 3. The van der Waals surface area contributed by atoms with Crippen molar-refractivity contribution in [3.05, 3.63) is 34.9 Å². The Morgan fingerprint density at radius 3 is 2.50 bits per heavy atom.